The van der Waals surface area contributed by atoms with Crippen molar-refractivity contribution >= 4 is 17.3 Å². The average molecular weight is 439 g/mol. The summed E-state index contributed by atoms with van der Waals surface area (Å²) in [7, 11) is 1.70. The van der Waals surface area contributed by atoms with Gasteiger partial charge < -0.3 is 19.5 Å². The minimum Gasteiger partial charge on any atom is -0.497 e. The predicted octanol–water partition coefficient (Wildman–Crippen LogP) is 4.88. The van der Waals surface area contributed by atoms with Gasteiger partial charge in [-0.1, -0.05) is 23.8 Å². The Balaban J connectivity index is 1.25. The van der Waals surface area contributed by atoms with E-state index in [9.17, 15) is 0 Å². The summed E-state index contributed by atoms with van der Waals surface area (Å²) < 4.78 is 7.55. The lowest BCUT2D eigenvalue weighted by Gasteiger charge is -2.34. The van der Waals surface area contributed by atoms with E-state index in [2.05, 4.69) is 39.2 Å². The predicted molar refractivity (Wildman–Crippen MR) is 130 cm³/mol. The van der Waals surface area contributed by atoms with Crippen molar-refractivity contribution in [3.05, 3.63) is 59.7 Å². The van der Waals surface area contributed by atoms with Gasteiger partial charge in [-0.15, -0.1) is 0 Å². The van der Waals surface area contributed by atoms with E-state index in [4.69, 9.17) is 21.9 Å². The van der Waals surface area contributed by atoms with Gasteiger partial charge in [0.15, 0.2) is 5.11 Å². The van der Waals surface area contributed by atoms with Gasteiger partial charge >= 0.3 is 0 Å². The number of nitrogens with one attached hydrogen (secondary N) is 1. The Hall–Kier alpha value is -2.34. The third kappa shape index (κ3) is 5.88. The molecule has 6 heteroatoms. The summed E-state index contributed by atoms with van der Waals surface area (Å²) in [5.41, 5.74) is 2.86. The molecule has 1 saturated heterocycles. The first kappa shape index (κ1) is 21.9. The van der Waals surface area contributed by atoms with Crippen molar-refractivity contribution in [3.8, 4) is 5.75 Å². The van der Waals surface area contributed by atoms with Crippen LogP contribution in [-0.2, 0) is 6.54 Å². The zero-order valence-corrected chi connectivity index (χ0v) is 19.4. The normalized spacial score (nSPS) is 17.3. The van der Waals surface area contributed by atoms with E-state index >= 15 is 0 Å². The molecule has 0 bridgehead atoms. The molecule has 1 N–H and O–H groups in total. The van der Waals surface area contributed by atoms with E-state index in [-0.39, 0.29) is 0 Å². The number of piperidine rings is 1. The van der Waals surface area contributed by atoms with E-state index in [1.54, 1.807) is 12.7 Å². The highest BCUT2D eigenvalue weighted by Crippen LogP contribution is 2.28. The average Bonchev–Trinajstić information content (AvgIpc) is 3.28. The maximum absolute atomic E-state index is 5.68. The third-order valence-corrected chi connectivity index (χ3v) is 6.92. The first-order valence-electron chi connectivity index (χ1n) is 11.6. The monoisotopic (exact) mass is 438 g/mol. The number of likely N-dealkylation sites (tertiary alicyclic amines) is 1. The van der Waals surface area contributed by atoms with Crippen molar-refractivity contribution in [3.63, 3.8) is 0 Å². The van der Waals surface area contributed by atoms with Gasteiger partial charge in [0.25, 0.3) is 0 Å². The molecule has 5 nitrogen and oxygen atoms in total. The molecular formula is C25H34N4OS. The van der Waals surface area contributed by atoms with Gasteiger partial charge in [0.1, 0.15) is 11.6 Å². The number of thiocarbonyl (C=S) groups is 1. The number of ether oxygens (including phenoxy) is 1. The SMILES string of the molecule is COc1ccc(Cn2ccnc2C2CCN(C(=S)NCCC3=CCCCC3)CC2)cc1. The van der Waals surface area contributed by atoms with Gasteiger partial charge in [-0.25, -0.2) is 4.98 Å². The van der Waals surface area contributed by atoms with Gasteiger partial charge in [-0.05, 0) is 74.9 Å². The molecule has 1 aliphatic carbocycles. The molecule has 0 atom stereocenters. The zero-order valence-electron chi connectivity index (χ0n) is 18.6. The minimum absolute atomic E-state index is 0.486. The maximum Gasteiger partial charge on any atom is 0.168 e. The number of nitrogens with zero attached hydrogens (tertiary/aromatic N) is 3. The summed E-state index contributed by atoms with van der Waals surface area (Å²) >= 11 is 5.68. The van der Waals surface area contributed by atoms with E-state index in [0.29, 0.717) is 5.92 Å². The Labute approximate surface area is 191 Å². The summed E-state index contributed by atoms with van der Waals surface area (Å²) in [6, 6.07) is 8.28. The Kier molecular flexibility index (Phi) is 7.62. The Morgan fingerprint density at radius 2 is 2.00 bits per heavy atom. The molecule has 2 heterocycles. The van der Waals surface area contributed by atoms with Crippen LogP contribution in [0.15, 0.2) is 48.3 Å². The summed E-state index contributed by atoms with van der Waals surface area (Å²) in [6.07, 6.45) is 15.0. The standard InChI is InChI=1S/C25H34N4OS/c1-30-23-9-7-21(8-10-23)19-29-18-15-26-24(29)22-12-16-28(17-13-22)25(31)27-14-11-20-5-3-2-4-6-20/h5,7-10,15,18,22H,2-4,6,11-14,16-17,19H2,1H3,(H,27,31). The molecular weight excluding hydrogens is 404 g/mol. The van der Waals surface area contributed by atoms with Crippen LogP contribution in [0.3, 0.4) is 0 Å². The molecule has 0 saturated carbocycles. The van der Waals surface area contributed by atoms with E-state index in [0.717, 1.165) is 56.3 Å². The van der Waals surface area contributed by atoms with E-state index < -0.39 is 0 Å². The van der Waals surface area contributed by atoms with Gasteiger partial charge in [0.05, 0.1) is 7.11 Å². The lowest BCUT2D eigenvalue weighted by molar-refractivity contribution is 0.300. The van der Waals surface area contributed by atoms with E-state index in [1.807, 2.05) is 18.3 Å². The molecule has 2 aliphatic rings. The van der Waals surface area contributed by atoms with Crippen LogP contribution >= 0.6 is 12.2 Å². The van der Waals surface area contributed by atoms with Gasteiger partial charge in [-0.3, -0.25) is 0 Å². The number of benzene rings is 1. The molecule has 0 amide bonds. The Morgan fingerprint density at radius 3 is 2.71 bits per heavy atom. The molecule has 1 aromatic carbocycles. The van der Waals surface area contributed by atoms with Crippen LogP contribution in [0.1, 0.15) is 62.3 Å². The molecule has 2 aromatic rings. The molecule has 0 radical (unpaired) electrons. The van der Waals surface area contributed by atoms with Crippen molar-refractivity contribution < 1.29 is 4.74 Å². The van der Waals surface area contributed by atoms with Crippen LogP contribution in [0.25, 0.3) is 0 Å². The highest BCUT2D eigenvalue weighted by Gasteiger charge is 2.25. The highest BCUT2D eigenvalue weighted by atomic mass is 32.1. The van der Waals surface area contributed by atoms with Crippen LogP contribution in [0, 0.1) is 0 Å². The van der Waals surface area contributed by atoms with Crippen LogP contribution in [0.4, 0.5) is 0 Å². The minimum atomic E-state index is 0.486. The van der Waals surface area contributed by atoms with Crippen molar-refractivity contribution in [2.24, 2.45) is 0 Å². The molecule has 166 valence electrons. The molecule has 0 spiro atoms. The van der Waals surface area contributed by atoms with Crippen LogP contribution in [-0.4, -0.2) is 46.3 Å². The summed E-state index contributed by atoms with van der Waals surface area (Å²) in [5, 5.41) is 4.40. The molecule has 31 heavy (non-hydrogen) atoms. The topological polar surface area (TPSA) is 42.3 Å². The molecule has 1 fully saturated rings. The molecule has 4 rings (SSSR count). The van der Waals surface area contributed by atoms with Crippen LogP contribution in [0.5, 0.6) is 5.75 Å². The number of hydrogen-bond donors (Lipinski definition) is 1. The fourth-order valence-electron chi connectivity index (χ4n) is 4.66. The lowest BCUT2D eigenvalue weighted by Crippen LogP contribution is -2.44. The number of rotatable bonds is 7. The van der Waals surface area contributed by atoms with Crippen molar-refractivity contribution in [1.82, 2.24) is 19.8 Å². The maximum atomic E-state index is 5.68. The van der Waals surface area contributed by atoms with E-state index in [1.165, 1.54) is 37.1 Å². The third-order valence-electron chi connectivity index (χ3n) is 6.51. The number of hydrogen-bond acceptors (Lipinski definition) is 3. The second kappa shape index (κ2) is 10.8. The molecule has 0 unspecified atom stereocenters. The lowest BCUT2D eigenvalue weighted by atomic mass is 9.96. The second-order valence-electron chi connectivity index (χ2n) is 8.61. The second-order valence-corrected chi connectivity index (χ2v) is 9.00. The fourth-order valence-corrected chi connectivity index (χ4v) is 4.94. The quantitative estimate of drug-likeness (QED) is 0.493. The number of aromatic nitrogens is 2. The Morgan fingerprint density at radius 1 is 1.19 bits per heavy atom. The molecule has 1 aliphatic heterocycles. The summed E-state index contributed by atoms with van der Waals surface area (Å²) in [5.74, 6) is 2.57. The summed E-state index contributed by atoms with van der Waals surface area (Å²) in [6.45, 7) is 3.79. The van der Waals surface area contributed by atoms with Crippen molar-refractivity contribution in [1.29, 1.82) is 0 Å². The highest BCUT2D eigenvalue weighted by molar-refractivity contribution is 7.80. The van der Waals surface area contributed by atoms with Gasteiger partial charge in [0.2, 0.25) is 0 Å². The van der Waals surface area contributed by atoms with Crippen molar-refractivity contribution in [2.45, 2.75) is 57.4 Å². The van der Waals surface area contributed by atoms with Gasteiger partial charge in [-0.2, -0.15) is 0 Å². The van der Waals surface area contributed by atoms with Crippen molar-refractivity contribution in [2.75, 3.05) is 26.7 Å². The van der Waals surface area contributed by atoms with Crippen LogP contribution < -0.4 is 10.1 Å². The van der Waals surface area contributed by atoms with Crippen LogP contribution in [0.2, 0.25) is 0 Å². The zero-order chi connectivity index (χ0) is 21.5. The number of allylic oxidation sites excluding steroid dienone is 1. The van der Waals surface area contributed by atoms with Gasteiger partial charge in [0, 0.05) is 44.5 Å². The first-order valence-corrected chi connectivity index (χ1v) is 12.0. The summed E-state index contributed by atoms with van der Waals surface area (Å²) in [4.78, 5) is 7.04. The molecule has 1 aromatic heterocycles. The fraction of sp³-hybridized carbons (Fsp3) is 0.520. The number of methoxy groups -OCH3 is 1. The Bertz CT molecular complexity index is 881. The number of imidazole rings is 1. The smallest absolute Gasteiger partial charge is 0.168 e. The first-order chi connectivity index (χ1) is 15.2. The largest absolute Gasteiger partial charge is 0.497 e.